The Morgan fingerprint density at radius 2 is 1.38 bits per heavy atom. The lowest BCUT2D eigenvalue weighted by atomic mass is 9.87. The summed E-state index contributed by atoms with van der Waals surface area (Å²) in [5.74, 6) is 0.0398. The molecule has 2 N–H and O–H groups in total. The van der Waals surface area contributed by atoms with Crippen molar-refractivity contribution in [1.82, 2.24) is 10.6 Å². The van der Waals surface area contributed by atoms with E-state index in [1.165, 1.54) is 24.0 Å². The van der Waals surface area contributed by atoms with Crippen molar-refractivity contribution in [3.8, 4) is 11.1 Å². The van der Waals surface area contributed by atoms with Crippen molar-refractivity contribution in [2.24, 2.45) is 5.92 Å². The van der Waals surface area contributed by atoms with Gasteiger partial charge in [-0.15, -0.1) is 0 Å². The number of rotatable bonds is 10. The summed E-state index contributed by atoms with van der Waals surface area (Å²) in [6.45, 7) is 6.15. The van der Waals surface area contributed by atoms with E-state index in [-0.39, 0.29) is 24.2 Å². The highest BCUT2D eigenvalue weighted by Crippen LogP contribution is 2.44. The van der Waals surface area contributed by atoms with Gasteiger partial charge in [-0.2, -0.15) is 0 Å². The summed E-state index contributed by atoms with van der Waals surface area (Å²) in [6, 6.07) is 15.9. The number of amides is 2. The first-order valence-electron chi connectivity index (χ1n) is 15.8. The maximum atomic E-state index is 13.8. The second kappa shape index (κ2) is 15.2. The third-order valence-corrected chi connectivity index (χ3v) is 8.32. The van der Waals surface area contributed by atoms with E-state index in [1.807, 2.05) is 45.0 Å². The molecule has 0 saturated heterocycles. The van der Waals surface area contributed by atoms with Gasteiger partial charge in [-0.1, -0.05) is 87.1 Å². The minimum atomic E-state index is -0.604. The van der Waals surface area contributed by atoms with Crippen LogP contribution in [0.1, 0.15) is 108 Å². The fourth-order valence-electron chi connectivity index (χ4n) is 6.25. The number of alkyl carbamates (subject to hydrolysis) is 2. The second-order valence-electron chi connectivity index (χ2n) is 12.7. The molecule has 0 aliphatic heterocycles. The lowest BCUT2D eigenvalue weighted by Crippen LogP contribution is -2.44. The molecule has 1 unspecified atom stereocenters. The van der Waals surface area contributed by atoms with E-state index < -0.39 is 23.8 Å². The average molecular weight is 577 g/mol. The van der Waals surface area contributed by atoms with Gasteiger partial charge in [0.15, 0.2) is 5.78 Å². The predicted molar refractivity (Wildman–Crippen MR) is 166 cm³/mol. The summed E-state index contributed by atoms with van der Waals surface area (Å²) in [5.41, 5.74) is 4.11. The highest BCUT2D eigenvalue weighted by molar-refractivity contribution is 5.89. The van der Waals surface area contributed by atoms with Crippen molar-refractivity contribution >= 4 is 18.0 Å². The third-order valence-electron chi connectivity index (χ3n) is 8.32. The van der Waals surface area contributed by atoms with E-state index in [1.54, 1.807) is 0 Å². The summed E-state index contributed by atoms with van der Waals surface area (Å²) in [6.07, 6.45) is 9.50. The smallest absolute Gasteiger partial charge is 0.407 e. The number of nitrogens with one attached hydrogen (secondary N) is 2. The first-order chi connectivity index (χ1) is 20.2. The zero-order chi connectivity index (χ0) is 30.0. The van der Waals surface area contributed by atoms with Gasteiger partial charge in [0.2, 0.25) is 0 Å². The monoisotopic (exact) mass is 576 g/mol. The van der Waals surface area contributed by atoms with Crippen LogP contribution in [-0.4, -0.2) is 42.8 Å². The molecule has 228 valence electrons. The third kappa shape index (κ3) is 9.07. The summed E-state index contributed by atoms with van der Waals surface area (Å²) in [5, 5.41) is 5.72. The summed E-state index contributed by atoms with van der Waals surface area (Å²) < 4.78 is 11.1. The van der Waals surface area contributed by atoms with Crippen LogP contribution in [0.2, 0.25) is 0 Å². The number of ether oxygens (including phenoxy) is 2. The summed E-state index contributed by atoms with van der Waals surface area (Å²) in [7, 11) is 0. The first-order valence-corrected chi connectivity index (χ1v) is 15.8. The number of hydrogen-bond donors (Lipinski definition) is 2. The molecule has 1 saturated carbocycles. The molecule has 0 aromatic heterocycles. The standard InChI is InChI=1S/C35H48N2O5/c1-35(2,3)42-33(39)36-23-15-14-22-31(32(38)25-16-8-6-4-5-7-9-17-25)37-34(40)41-24-30-28-20-12-10-18-26(28)27-19-11-13-21-29(27)30/h10-13,18-21,25,30-31H,4-9,14-17,22-24H2,1-3H3,(H,36,39)(H,37,40). The lowest BCUT2D eigenvalue weighted by Gasteiger charge is -2.24. The van der Waals surface area contributed by atoms with Crippen LogP contribution in [0.5, 0.6) is 0 Å². The minimum absolute atomic E-state index is 0.0365. The average Bonchev–Trinajstić information content (AvgIpc) is 3.34. The Hall–Kier alpha value is -3.35. The Morgan fingerprint density at radius 1 is 0.810 bits per heavy atom. The molecule has 1 atom stereocenters. The van der Waals surface area contributed by atoms with E-state index in [9.17, 15) is 14.4 Å². The van der Waals surface area contributed by atoms with E-state index in [2.05, 4.69) is 34.9 Å². The van der Waals surface area contributed by atoms with Gasteiger partial charge in [0.05, 0.1) is 6.04 Å². The van der Waals surface area contributed by atoms with Crippen LogP contribution in [-0.2, 0) is 14.3 Å². The summed E-state index contributed by atoms with van der Waals surface area (Å²) >= 11 is 0. The van der Waals surface area contributed by atoms with Gasteiger partial charge in [-0.05, 0) is 75.1 Å². The van der Waals surface area contributed by atoms with Crippen molar-refractivity contribution < 1.29 is 23.9 Å². The normalized spacial score (nSPS) is 16.6. The van der Waals surface area contributed by atoms with Gasteiger partial charge >= 0.3 is 12.2 Å². The molecular formula is C35H48N2O5. The van der Waals surface area contributed by atoms with Gasteiger partial charge in [-0.3, -0.25) is 4.79 Å². The number of carbonyl (C=O) groups is 3. The van der Waals surface area contributed by atoms with Crippen molar-refractivity contribution in [2.75, 3.05) is 13.2 Å². The molecule has 2 aliphatic carbocycles. The van der Waals surface area contributed by atoms with Crippen molar-refractivity contribution in [2.45, 2.75) is 109 Å². The molecule has 42 heavy (non-hydrogen) atoms. The predicted octanol–water partition coefficient (Wildman–Crippen LogP) is 7.91. The molecule has 1 fully saturated rings. The molecule has 0 bridgehead atoms. The Morgan fingerprint density at radius 3 is 1.98 bits per heavy atom. The van der Waals surface area contributed by atoms with Crippen molar-refractivity contribution in [1.29, 1.82) is 0 Å². The molecule has 0 heterocycles. The quantitative estimate of drug-likeness (QED) is 0.280. The number of Topliss-reactive ketones (excluding diaryl/α,β-unsaturated/α-hetero) is 1. The SMILES string of the molecule is CC(C)(C)OC(=O)NCCCCC(NC(=O)OCC1c2ccccc2-c2ccccc21)C(=O)C1CCCCCCCC1. The van der Waals surface area contributed by atoms with E-state index in [4.69, 9.17) is 9.47 Å². The first kappa shape index (κ1) is 31.6. The summed E-state index contributed by atoms with van der Waals surface area (Å²) in [4.78, 5) is 38.9. The molecule has 2 amide bonds. The molecule has 2 aromatic rings. The zero-order valence-electron chi connectivity index (χ0n) is 25.6. The van der Waals surface area contributed by atoms with Gasteiger partial charge < -0.3 is 20.1 Å². The highest BCUT2D eigenvalue weighted by Gasteiger charge is 2.31. The molecular weight excluding hydrogens is 528 g/mol. The van der Waals surface area contributed by atoms with Crippen LogP contribution >= 0.6 is 0 Å². The van der Waals surface area contributed by atoms with Crippen LogP contribution in [0.4, 0.5) is 9.59 Å². The van der Waals surface area contributed by atoms with E-state index in [0.717, 1.165) is 49.7 Å². The van der Waals surface area contributed by atoms with Gasteiger partial charge in [0.25, 0.3) is 0 Å². The molecule has 7 heteroatoms. The maximum absolute atomic E-state index is 13.8. The van der Waals surface area contributed by atoms with Crippen LogP contribution < -0.4 is 10.6 Å². The van der Waals surface area contributed by atoms with E-state index in [0.29, 0.717) is 25.8 Å². The molecule has 0 radical (unpaired) electrons. The van der Waals surface area contributed by atoms with Gasteiger partial charge in [0.1, 0.15) is 12.2 Å². The number of hydrogen-bond acceptors (Lipinski definition) is 5. The van der Waals surface area contributed by atoms with Crippen LogP contribution in [0, 0.1) is 5.92 Å². The lowest BCUT2D eigenvalue weighted by molar-refractivity contribution is -0.125. The maximum Gasteiger partial charge on any atom is 0.407 e. The Bertz CT molecular complexity index is 1150. The molecule has 4 rings (SSSR count). The van der Waals surface area contributed by atoms with Gasteiger partial charge in [0, 0.05) is 18.4 Å². The second-order valence-corrected chi connectivity index (χ2v) is 12.7. The van der Waals surface area contributed by atoms with Crippen LogP contribution in [0.3, 0.4) is 0 Å². The fraction of sp³-hybridized carbons (Fsp3) is 0.571. The molecule has 2 aliphatic rings. The molecule has 0 spiro atoms. The number of benzene rings is 2. The van der Waals surface area contributed by atoms with Crippen LogP contribution in [0.15, 0.2) is 48.5 Å². The molecule has 7 nitrogen and oxygen atoms in total. The van der Waals surface area contributed by atoms with Crippen LogP contribution in [0.25, 0.3) is 11.1 Å². The Kier molecular flexibility index (Phi) is 11.4. The number of unbranched alkanes of at least 4 members (excludes halogenated alkanes) is 1. The highest BCUT2D eigenvalue weighted by atomic mass is 16.6. The van der Waals surface area contributed by atoms with E-state index >= 15 is 0 Å². The number of ketones is 1. The zero-order valence-corrected chi connectivity index (χ0v) is 25.6. The topological polar surface area (TPSA) is 93.7 Å². The molecule has 2 aromatic carbocycles. The Balaban J connectivity index is 1.36. The Labute approximate surface area is 251 Å². The largest absolute Gasteiger partial charge is 0.449 e. The van der Waals surface area contributed by atoms with Crippen molar-refractivity contribution in [3.05, 3.63) is 59.7 Å². The number of fused-ring (bicyclic) bond motifs is 3. The number of carbonyl (C=O) groups excluding carboxylic acids is 3. The van der Waals surface area contributed by atoms with Gasteiger partial charge in [-0.25, -0.2) is 9.59 Å². The fourth-order valence-corrected chi connectivity index (χ4v) is 6.25. The minimum Gasteiger partial charge on any atom is -0.449 e. The van der Waals surface area contributed by atoms with Crippen molar-refractivity contribution in [3.63, 3.8) is 0 Å².